The van der Waals surface area contributed by atoms with Crippen LogP contribution < -0.4 is 0 Å². The molecule has 2 aromatic rings. The van der Waals surface area contributed by atoms with Crippen molar-refractivity contribution in [1.29, 1.82) is 0 Å². The van der Waals surface area contributed by atoms with E-state index in [0.717, 1.165) is 16.3 Å². The van der Waals surface area contributed by atoms with Gasteiger partial charge in [-0.15, -0.1) is 0 Å². The van der Waals surface area contributed by atoms with Crippen LogP contribution in [0.5, 0.6) is 0 Å². The van der Waals surface area contributed by atoms with Gasteiger partial charge in [0.1, 0.15) is 0 Å². The van der Waals surface area contributed by atoms with E-state index in [-0.39, 0.29) is 12.0 Å². The van der Waals surface area contributed by atoms with Gasteiger partial charge in [0.2, 0.25) is 0 Å². The van der Waals surface area contributed by atoms with Gasteiger partial charge >= 0.3 is 23.9 Å². The number of hydrogen-bond acceptors (Lipinski definition) is 0. The Kier molecular flexibility index (Phi) is 5.40. The number of allylic oxidation sites excluding steroid dienone is 2. The zero-order valence-corrected chi connectivity index (χ0v) is 15.6. The molecule has 30 heavy (non-hydrogen) atoms. The molecular formula is C21H17F9. The largest absolute Gasteiger partial charge is 0.460 e. The normalized spacial score (nSPS) is 21.6. The van der Waals surface area contributed by atoms with Crippen molar-refractivity contribution in [2.75, 3.05) is 0 Å². The highest BCUT2D eigenvalue weighted by Crippen LogP contribution is 2.57. The topological polar surface area (TPSA) is 0 Å². The van der Waals surface area contributed by atoms with E-state index < -0.39 is 42.2 Å². The van der Waals surface area contributed by atoms with E-state index in [0.29, 0.717) is 6.08 Å². The van der Waals surface area contributed by atoms with Crippen LogP contribution in [0.3, 0.4) is 0 Å². The molecule has 0 spiro atoms. The van der Waals surface area contributed by atoms with E-state index >= 15 is 0 Å². The zero-order valence-electron chi connectivity index (χ0n) is 15.6. The van der Waals surface area contributed by atoms with Crippen molar-refractivity contribution in [2.24, 2.45) is 5.92 Å². The fourth-order valence-electron chi connectivity index (χ4n) is 3.95. The van der Waals surface area contributed by atoms with Crippen LogP contribution in [-0.2, 0) is 0 Å². The molecule has 0 fully saturated rings. The molecule has 1 aliphatic rings. The van der Waals surface area contributed by atoms with Crippen molar-refractivity contribution in [3.8, 4) is 0 Å². The Labute approximate surface area is 166 Å². The van der Waals surface area contributed by atoms with Crippen molar-refractivity contribution in [3.63, 3.8) is 0 Å². The molecule has 0 radical (unpaired) electrons. The predicted molar refractivity (Wildman–Crippen MR) is 94.1 cm³/mol. The first kappa shape index (κ1) is 22.5. The molecule has 0 amide bonds. The summed E-state index contributed by atoms with van der Waals surface area (Å²) in [6.07, 6.45) is -6.86. The Hall–Kier alpha value is -2.19. The second kappa shape index (κ2) is 7.20. The van der Waals surface area contributed by atoms with Crippen LogP contribution >= 0.6 is 0 Å². The van der Waals surface area contributed by atoms with Crippen LogP contribution in [0.25, 0.3) is 10.8 Å². The average Bonchev–Trinajstić information content (AvgIpc) is 2.66. The molecule has 0 bridgehead atoms. The van der Waals surface area contributed by atoms with E-state index in [1.54, 1.807) is 30.3 Å². The van der Waals surface area contributed by atoms with Crippen LogP contribution in [0.4, 0.5) is 39.5 Å². The number of alkyl halides is 9. The van der Waals surface area contributed by atoms with Gasteiger partial charge in [0.15, 0.2) is 0 Å². The first-order chi connectivity index (χ1) is 13.7. The lowest BCUT2D eigenvalue weighted by Crippen LogP contribution is -2.63. The molecular weight excluding hydrogens is 423 g/mol. The molecule has 0 N–H and O–H groups in total. The second-order valence-corrected chi connectivity index (χ2v) is 7.48. The molecule has 0 aliphatic heterocycles. The van der Waals surface area contributed by atoms with E-state index in [9.17, 15) is 39.5 Å². The maximum Gasteiger partial charge on any atom is 0.460 e. The highest BCUT2D eigenvalue weighted by atomic mass is 19.4. The van der Waals surface area contributed by atoms with Gasteiger partial charge < -0.3 is 0 Å². The molecule has 0 saturated carbocycles. The summed E-state index contributed by atoms with van der Waals surface area (Å²) in [5.41, 5.74) is 0.962. The molecule has 164 valence electrons. The molecule has 2 aromatic carbocycles. The van der Waals surface area contributed by atoms with Crippen molar-refractivity contribution in [2.45, 2.75) is 49.6 Å². The van der Waals surface area contributed by atoms with Crippen LogP contribution in [0.1, 0.15) is 31.2 Å². The number of rotatable bonds is 4. The standard InChI is InChI=1S/C21H17F9/c1-12-11-14(18(22,23)19(24,25)20(26,27)21(28,29)30)9-10-15(12)17-8-4-6-13-5-2-3-7-16(13)17/h2-8,11,14-15H,9-10H2,1H3. The summed E-state index contributed by atoms with van der Waals surface area (Å²) in [5.74, 6) is -21.9. The lowest BCUT2D eigenvalue weighted by atomic mass is 9.74. The van der Waals surface area contributed by atoms with E-state index in [4.69, 9.17) is 0 Å². The quantitative estimate of drug-likeness (QED) is 0.337. The van der Waals surface area contributed by atoms with Gasteiger partial charge in [0.25, 0.3) is 0 Å². The Morgan fingerprint density at radius 1 is 0.733 bits per heavy atom. The zero-order chi connectivity index (χ0) is 22.5. The summed E-state index contributed by atoms with van der Waals surface area (Å²) in [6.45, 7) is 1.38. The third-order valence-electron chi connectivity index (χ3n) is 5.61. The van der Waals surface area contributed by atoms with Crippen LogP contribution in [0, 0.1) is 5.92 Å². The minimum Gasteiger partial charge on any atom is -0.199 e. The third-order valence-corrected chi connectivity index (χ3v) is 5.61. The van der Waals surface area contributed by atoms with Crippen molar-refractivity contribution in [3.05, 3.63) is 59.7 Å². The molecule has 0 nitrogen and oxygen atoms in total. The van der Waals surface area contributed by atoms with Crippen LogP contribution in [-0.4, -0.2) is 23.9 Å². The highest BCUT2D eigenvalue weighted by Gasteiger charge is 2.82. The van der Waals surface area contributed by atoms with Crippen molar-refractivity contribution >= 4 is 10.8 Å². The minimum absolute atomic E-state index is 0.0930. The van der Waals surface area contributed by atoms with Gasteiger partial charge in [0.05, 0.1) is 0 Å². The van der Waals surface area contributed by atoms with E-state index in [1.165, 1.54) is 6.92 Å². The number of fused-ring (bicyclic) bond motifs is 1. The Balaban J connectivity index is 1.97. The maximum atomic E-state index is 14.3. The van der Waals surface area contributed by atoms with E-state index in [1.807, 2.05) is 12.1 Å². The van der Waals surface area contributed by atoms with Gasteiger partial charge in [-0.05, 0) is 36.1 Å². The molecule has 1 aliphatic carbocycles. The fourth-order valence-corrected chi connectivity index (χ4v) is 3.95. The fraction of sp³-hybridized carbons (Fsp3) is 0.429. The second-order valence-electron chi connectivity index (χ2n) is 7.48. The van der Waals surface area contributed by atoms with Gasteiger partial charge in [-0.3, -0.25) is 0 Å². The van der Waals surface area contributed by atoms with Crippen molar-refractivity contribution < 1.29 is 39.5 Å². The Morgan fingerprint density at radius 2 is 1.33 bits per heavy atom. The van der Waals surface area contributed by atoms with Gasteiger partial charge in [0, 0.05) is 11.8 Å². The Bertz CT molecular complexity index is 951. The van der Waals surface area contributed by atoms with Crippen LogP contribution in [0.2, 0.25) is 0 Å². The summed E-state index contributed by atoms with van der Waals surface area (Å²) in [7, 11) is 0. The molecule has 0 saturated heterocycles. The first-order valence-electron chi connectivity index (χ1n) is 9.08. The summed E-state index contributed by atoms with van der Waals surface area (Å²) in [6, 6.07) is 12.5. The summed E-state index contributed by atoms with van der Waals surface area (Å²) < 4.78 is 120. The molecule has 0 heterocycles. The lowest BCUT2D eigenvalue weighted by molar-refractivity contribution is -0.401. The molecule has 2 atom stereocenters. The molecule has 3 rings (SSSR count). The van der Waals surface area contributed by atoms with Crippen molar-refractivity contribution in [1.82, 2.24) is 0 Å². The highest BCUT2D eigenvalue weighted by molar-refractivity contribution is 5.86. The molecule has 2 unspecified atom stereocenters. The monoisotopic (exact) mass is 440 g/mol. The average molecular weight is 440 g/mol. The summed E-state index contributed by atoms with van der Waals surface area (Å²) >= 11 is 0. The predicted octanol–water partition coefficient (Wildman–Crippen LogP) is 7.75. The Morgan fingerprint density at radius 3 is 1.93 bits per heavy atom. The SMILES string of the molecule is CC1=CC(C(F)(F)C(F)(F)C(F)(F)C(F)(F)F)CCC1c1cccc2ccccc12. The van der Waals surface area contributed by atoms with Crippen LogP contribution in [0.15, 0.2) is 54.1 Å². The number of benzene rings is 2. The smallest absolute Gasteiger partial charge is 0.199 e. The van der Waals surface area contributed by atoms with Gasteiger partial charge in [-0.2, -0.15) is 39.5 Å². The number of halogens is 9. The van der Waals surface area contributed by atoms with Gasteiger partial charge in [-0.25, -0.2) is 0 Å². The maximum absolute atomic E-state index is 14.3. The number of hydrogen-bond donors (Lipinski definition) is 0. The summed E-state index contributed by atoms with van der Waals surface area (Å²) in [4.78, 5) is 0. The van der Waals surface area contributed by atoms with Gasteiger partial charge in [-0.1, -0.05) is 54.1 Å². The summed E-state index contributed by atoms with van der Waals surface area (Å²) in [5, 5.41) is 1.68. The lowest BCUT2D eigenvalue weighted by Gasteiger charge is -2.39. The third kappa shape index (κ3) is 3.36. The molecule has 0 aromatic heterocycles. The first-order valence-corrected chi connectivity index (χ1v) is 9.08. The van der Waals surface area contributed by atoms with E-state index in [2.05, 4.69) is 0 Å². The molecule has 9 heteroatoms. The minimum atomic E-state index is -6.86.